The highest BCUT2D eigenvalue weighted by molar-refractivity contribution is 5.84. The summed E-state index contributed by atoms with van der Waals surface area (Å²) in [6.45, 7) is 3.04. The standard InChI is InChI=1S/C11H18N2O3/c14-9-13-6-7-16-8-10(13)11(15)12-4-2-1-3-5-12/h9-10H,1-8H2. The zero-order valence-electron chi connectivity index (χ0n) is 9.43. The fourth-order valence-corrected chi connectivity index (χ4v) is 2.28. The SMILES string of the molecule is O=CN1CCOCC1C(=O)N1CCCCC1. The monoisotopic (exact) mass is 226 g/mol. The lowest BCUT2D eigenvalue weighted by atomic mass is 10.1. The van der Waals surface area contributed by atoms with Gasteiger partial charge in [-0.3, -0.25) is 9.59 Å². The molecule has 0 N–H and O–H groups in total. The summed E-state index contributed by atoms with van der Waals surface area (Å²) in [4.78, 5) is 26.4. The molecule has 5 nitrogen and oxygen atoms in total. The van der Waals surface area contributed by atoms with Gasteiger partial charge in [0.15, 0.2) is 0 Å². The Labute approximate surface area is 95.3 Å². The van der Waals surface area contributed by atoms with E-state index in [1.807, 2.05) is 4.90 Å². The second-order valence-corrected chi connectivity index (χ2v) is 4.32. The topological polar surface area (TPSA) is 49.9 Å². The Kier molecular flexibility index (Phi) is 3.77. The third-order valence-corrected chi connectivity index (χ3v) is 3.26. The molecule has 2 aliphatic rings. The van der Waals surface area contributed by atoms with Crippen molar-refractivity contribution in [3.8, 4) is 0 Å². The number of carbonyl (C=O) groups excluding carboxylic acids is 2. The molecule has 0 aromatic heterocycles. The van der Waals surface area contributed by atoms with Gasteiger partial charge in [0.1, 0.15) is 6.04 Å². The van der Waals surface area contributed by atoms with Crippen molar-refractivity contribution in [1.82, 2.24) is 9.80 Å². The van der Waals surface area contributed by atoms with Crippen LogP contribution < -0.4 is 0 Å². The molecule has 16 heavy (non-hydrogen) atoms. The van der Waals surface area contributed by atoms with Gasteiger partial charge in [0, 0.05) is 19.6 Å². The van der Waals surface area contributed by atoms with E-state index in [1.165, 1.54) is 6.42 Å². The minimum absolute atomic E-state index is 0.0477. The molecule has 0 radical (unpaired) electrons. The average molecular weight is 226 g/mol. The number of hydrogen-bond acceptors (Lipinski definition) is 3. The van der Waals surface area contributed by atoms with Crippen molar-refractivity contribution in [3.63, 3.8) is 0 Å². The number of hydrogen-bond donors (Lipinski definition) is 0. The van der Waals surface area contributed by atoms with Gasteiger partial charge in [-0.2, -0.15) is 0 Å². The summed E-state index contributed by atoms with van der Waals surface area (Å²) in [5, 5.41) is 0. The first-order valence-electron chi connectivity index (χ1n) is 5.90. The van der Waals surface area contributed by atoms with Crippen molar-refractivity contribution in [3.05, 3.63) is 0 Å². The number of rotatable bonds is 2. The molecule has 2 rings (SSSR count). The van der Waals surface area contributed by atoms with Gasteiger partial charge in [0.2, 0.25) is 12.3 Å². The van der Waals surface area contributed by atoms with E-state index >= 15 is 0 Å². The van der Waals surface area contributed by atoms with Gasteiger partial charge < -0.3 is 14.5 Å². The predicted octanol–water partition coefficient (Wildman–Crippen LogP) is -0.144. The number of morpholine rings is 1. The molecule has 0 saturated carbocycles. The van der Waals surface area contributed by atoms with Gasteiger partial charge in [-0.1, -0.05) is 0 Å². The number of nitrogens with zero attached hydrogens (tertiary/aromatic N) is 2. The Morgan fingerprint density at radius 3 is 2.62 bits per heavy atom. The van der Waals surface area contributed by atoms with Crippen LogP contribution in [0.4, 0.5) is 0 Å². The van der Waals surface area contributed by atoms with Gasteiger partial charge in [-0.15, -0.1) is 0 Å². The summed E-state index contributed by atoms with van der Waals surface area (Å²) in [6, 6.07) is -0.399. The van der Waals surface area contributed by atoms with Crippen LogP contribution in [-0.2, 0) is 14.3 Å². The number of amides is 2. The Morgan fingerprint density at radius 1 is 1.19 bits per heavy atom. The van der Waals surface area contributed by atoms with Crippen LogP contribution in [0.3, 0.4) is 0 Å². The van der Waals surface area contributed by atoms with E-state index in [9.17, 15) is 9.59 Å². The van der Waals surface area contributed by atoms with Crippen LogP contribution in [0, 0.1) is 0 Å². The molecule has 90 valence electrons. The van der Waals surface area contributed by atoms with Gasteiger partial charge in [0.05, 0.1) is 13.2 Å². The number of likely N-dealkylation sites (tertiary alicyclic amines) is 1. The lowest BCUT2D eigenvalue weighted by Crippen LogP contribution is -2.55. The van der Waals surface area contributed by atoms with Crippen molar-refractivity contribution in [2.45, 2.75) is 25.3 Å². The Bertz CT molecular complexity index is 264. The summed E-state index contributed by atoms with van der Waals surface area (Å²) in [5.74, 6) is 0.0477. The summed E-state index contributed by atoms with van der Waals surface area (Å²) >= 11 is 0. The maximum Gasteiger partial charge on any atom is 0.247 e. The van der Waals surface area contributed by atoms with Gasteiger partial charge in [-0.25, -0.2) is 0 Å². The first kappa shape index (κ1) is 11.4. The maximum absolute atomic E-state index is 12.2. The molecule has 0 aromatic rings. The van der Waals surface area contributed by atoms with Crippen LogP contribution in [0.15, 0.2) is 0 Å². The zero-order chi connectivity index (χ0) is 11.4. The highest BCUT2D eigenvalue weighted by Crippen LogP contribution is 2.14. The molecule has 1 unspecified atom stereocenters. The molecule has 2 amide bonds. The van der Waals surface area contributed by atoms with Crippen molar-refractivity contribution in [2.24, 2.45) is 0 Å². The summed E-state index contributed by atoms with van der Waals surface area (Å²) in [6.07, 6.45) is 4.10. The van der Waals surface area contributed by atoms with E-state index in [0.29, 0.717) is 19.8 Å². The van der Waals surface area contributed by atoms with Crippen molar-refractivity contribution in [1.29, 1.82) is 0 Å². The van der Waals surface area contributed by atoms with Crippen molar-refractivity contribution >= 4 is 12.3 Å². The molecular formula is C11H18N2O3. The minimum atomic E-state index is -0.399. The predicted molar refractivity (Wildman–Crippen MR) is 57.8 cm³/mol. The van der Waals surface area contributed by atoms with Crippen LogP contribution in [0.1, 0.15) is 19.3 Å². The molecule has 2 saturated heterocycles. The van der Waals surface area contributed by atoms with E-state index in [-0.39, 0.29) is 5.91 Å². The largest absolute Gasteiger partial charge is 0.377 e. The molecule has 1 atom stereocenters. The van der Waals surface area contributed by atoms with Crippen LogP contribution in [-0.4, -0.2) is 61.0 Å². The van der Waals surface area contributed by atoms with E-state index in [0.717, 1.165) is 32.3 Å². The Hall–Kier alpha value is -1.10. The molecule has 2 fully saturated rings. The third-order valence-electron chi connectivity index (χ3n) is 3.26. The van der Waals surface area contributed by atoms with Gasteiger partial charge >= 0.3 is 0 Å². The van der Waals surface area contributed by atoms with Crippen molar-refractivity contribution in [2.75, 3.05) is 32.8 Å². The van der Waals surface area contributed by atoms with Crippen LogP contribution >= 0.6 is 0 Å². The first-order chi connectivity index (χ1) is 7.83. The molecular weight excluding hydrogens is 208 g/mol. The molecule has 5 heteroatoms. The summed E-state index contributed by atoms with van der Waals surface area (Å²) < 4.78 is 5.28. The zero-order valence-corrected chi connectivity index (χ0v) is 9.43. The third kappa shape index (κ3) is 2.35. The molecule has 0 aliphatic carbocycles. The van der Waals surface area contributed by atoms with E-state index in [2.05, 4.69) is 0 Å². The van der Waals surface area contributed by atoms with Crippen LogP contribution in [0.25, 0.3) is 0 Å². The van der Waals surface area contributed by atoms with Crippen LogP contribution in [0.2, 0.25) is 0 Å². The average Bonchev–Trinajstić information content (AvgIpc) is 2.39. The van der Waals surface area contributed by atoms with Crippen molar-refractivity contribution < 1.29 is 14.3 Å². The second-order valence-electron chi connectivity index (χ2n) is 4.32. The number of piperidine rings is 1. The maximum atomic E-state index is 12.2. The fraction of sp³-hybridized carbons (Fsp3) is 0.818. The highest BCUT2D eigenvalue weighted by Gasteiger charge is 2.32. The highest BCUT2D eigenvalue weighted by atomic mass is 16.5. The Balaban J connectivity index is 1.97. The number of ether oxygens (including phenoxy) is 1. The molecule has 0 spiro atoms. The van der Waals surface area contributed by atoms with E-state index in [4.69, 9.17) is 4.74 Å². The smallest absolute Gasteiger partial charge is 0.247 e. The van der Waals surface area contributed by atoms with E-state index < -0.39 is 6.04 Å². The molecule has 2 aliphatic heterocycles. The normalized spacial score (nSPS) is 26.6. The van der Waals surface area contributed by atoms with Gasteiger partial charge in [0.25, 0.3) is 0 Å². The summed E-state index contributed by atoms with van der Waals surface area (Å²) in [7, 11) is 0. The summed E-state index contributed by atoms with van der Waals surface area (Å²) in [5.41, 5.74) is 0. The van der Waals surface area contributed by atoms with Gasteiger partial charge in [-0.05, 0) is 19.3 Å². The molecule has 2 heterocycles. The Morgan fingerprint density at radius 2 is 1.94 bits per heavy atom. The lowest BCUT2D eigenvalue weighted by Gasteiger charge is -2.36. The second kappa shape index (κ2) is 5.30. The van der Waals surface area contributed by atoms with E-state index in [1.54, 1.807) is 4.90 Å². The number of carbonyl (C=O) groups is 2. The first-order valence-corrected chi connectivity index (χ1v) is 5.90. The lowest BCUT2D eigenvalue weighted by molar-refractivity contribution is -0.148. The quantitative estimate of drug-likeness (QED) is 0.616. The fourth-order valence-electron chi connectivity index (χ4n) is 2.28. The molecule has 0 bridgehead atoms. The molecule has 0 aromatic carbocycles. The van der Waals surface area contributed by atoms with Crippen LogP contribution in [0.5, 0.6) is 0 Å². The minimum Gasteiger partial charge on any atom is -0.377 e.